The van der Waals surface area contributed by atoms with Gasteiger partial charge in [0.15, 0.2) is 6.61 Å². The van der Waals surface area contributed by atoms with Crippen molar-refractivity contribution >= 4 is 17.6 Å². The summed E-state index contributed by atoms with van der Waals surface area (Å²) in [6, 6.07) is 5.63. The predicted molar refractivity (Wildman–Crippen MR) is 82.6 cm³/mol. The first-order valence-electron chi connectivity index (χ1n) is 7.30. The zero-order valence-electron chi connectivity index (χ0n) is 13.0. The summed E-state index contributed by atoms with van der Waals surface area (Å²) in [5, 5.41) is 4.16. The molecule has 7 heteroatoms. The Morgan fingerprint density at radius 1 is 1.43 bits per heavy atom. The molecule has 0 saturated carbocycles. The Morgan fingerprint density at radius 2 is 2.26 bits per heavy atom. The molecule has 0 spiro atoms. The molecular weight excluding hydrogens is 298 g/mol. The van der Waals surface area contributed by atoms with Crippen LogP contribution in [0.25, 0.3) is 0 Å². The molecule has 0 fully saturated rings. The van der Waals surface area contributed by atoms with E-state index >= 15 is 0 Å². The molecule has 0 bridgehead atoms. The number of esters is 1. The van der Waals surface area contributed by atoms with E-state index in [4.69, 9.17) is 9.47 Å². The summed E-state index contributed by atoms with van der Waals surface area (Å²) in [6.07, 6.45) is 3.12. The van der Waals surface area contributed by atoms with E-state index in [2.05, 4.69) is 5.10 Å². The highest BCUT2D eigenvalue weighted by molar-refractivity contribution is 5.97. The fourth-order valence-corrected chi connectivity index (χ4v) is 2.37. The first-order valence-corrected chi connectivity index (χ1v) is 7.30. The summed E-state index contributed by atoms with van der Waals surface area (Å²) in [5.41, 5.74) is 2.10. The zero-order valence-corrected chi connectivity index (χ0v) is 13.0. The molecule has 0 N–H and O–H groups in total. The minimum atomic E-state index is -0.386. The number of fused-ring (bicyclic) bond motifs is 1. The van der Waals surface area contributed by atoms with Gasteiger partial charge in [0.2, 0.25) is 0 Å². The van der Waals surface area contributed by atoms with E-state index in [1.807, 2.05) is 18.2 Å². The molecular formula is C16H17N3O4. The largest absolute Gasteiger partial charge is 0.482 e. The van der Waals surface area contributed by atoms with Crippen molar-refractivity contribution in [2.24, 2.45) is 0 Å². The summed E-state index contributed by atoms with van der Waals surface area (Å²) in [5.74, 6) is 0.213. The van der Waals surface area contributed by atoms with Crippen LogP contribution in [-0.4, -0.2) is 41.9 Å². The second kappa shape index (κ2) is 6.12. The van der Waals surface area contributed by atoms with Crippen LogP contribution in [0.2, 0.25) is 0 Å². The molecule has 1 aliphatic rings. The number of ether oxygens (including phenoxy) is 2. The number of nitrogens with zero attached hydrogens (tertiary/aromatic N) is 3. The van der Waals surface area contributed by atoms with Gasteiger partial charge in [-0.15, -0.1) is 0 Å². The van der Waals surface area contributed by atoms with E-state index in [9.17, 15) is 9.59 Å². The smallest absolute Gasteiger partial charge is 0.341 e. The Kier molecular flexibility index (Phi) is 4.01. The maximum absolute atomic E-state index is 11.7. The lowest BCUT2D eigenvalue weighted by Crippen LogP contribution is -2.35. The average molecular weight is 315 g/mol. The van der Waals surface area contributed by atoms with Crippen LogP contribution in [0.1, 0.15) is 22.8 Å². The minimum absolute atomic E-state index is 0.0604. The predicted octanol–water partition coefficient (Wildman–Crippen LogP) is 1.46. The standard InChI is InChI=1S/C16H17N3O4/c1-3-22-16(21)12-7-17-19(9-12)8-11-4-5-14-13(6-11)18(2)15(20)10-23-14/h4-7,9H,3,8,10H2,1-2H3. The van der Waals surface area contributed by atoms with Crippen molar-refractivity contribution in [3.8, 4) is 5.75 Å². The number of benzene rings is 1. The summed E-state index contributed by atoms with van der Waals surface area (Å²) >= 11 is 0. The first-order chi connectivity index (χ1) is 11.1. The number of amides is 1. The maximum atomic E-state index is 11.7. The van der Waals surface area contributed by atoms with Gasteiger partial charge in [-0.05, 0) is 24.6 Å². The Bertz CT molecular complexity index is 754. The maximum Gasteiger partial charge on any atom is 0.341 e. The average Bonchev–Trinajstić information content (AvgIpc) is 3.00. The van der Waals surface area contributed by atoms with Gasteiger partial charge in [-0.2, -0.15) is 5.10 Å². The van der Waals surface area contributed by atoms with Crippen LogP contribution in [0.15, 0.2) is 30.6 Å². The first kappa shape index (κ1) is 15.1. The number of hydrogen-bond donors (Lipinski definition) is 0. The fraction of sp³-hybridized carbons (Fsp3) is 0.312. The van der Waals surface area contributed by atoms with Gasteiger partial charge in [0.05, 0.1) is 30.6 Å². The number of anilines is 1. The van der Waals surface area contributed by atoms with E-state index < -0.39 is 0 Å². The van der Waals surface area contributed by atoms with Crippen molar-refractivity contribution in [1.82, 2.24) is 9.78 Å². The van der Waals surface area contributed by atoms with Crippen molar-refractivity contribution in [2.75, 3.05) is 25.2 Å². The zero-order chi connectivity index (χ0) is 16.4. The van der Waals surface area contributed by atoms with Crippen LogP contribution in [0.5, 0.6) is 5.75 Å². The lowest BCUT2D eigenvalue weighted by atomic mass is 10.1. The van der Waals surface area contributed by atoms with E-state index in [1.165, 1.54) is 6.20 Å². The molecule has 0 unspecified atom stereocenters. The summed E-state index contributed by atoms with van der Waals surface area (Å²) < 4.78 is 12.0. The van der Waals surface area contributed by atoms with Crippen molar-refractivity contribution < 1.29 is 19.1 Å². The summed E-state index contributed by atoms with van der Waals surface area (Å²) in [4.78, 5) is 24.9. The lowest BCUT2D eigenvalue weighted by molar-refractivity contribution is -0.120. The van der Waals surface area contributed by atoms with Gasteiger partial charge in [0.1, 0.15) is 5.75 Å². The van der Waals surface area contributed by atoms with Crippen LogP contribution >= 0.6 is 0 Å². The third kappa shape index (κ3) is 3.03. The third-order valence-corrected chi connectivity index (χ3v) is 3.60. The molecule has 2 aromatic rings. The van der Waals surface area contributed by atoms with Gasteiger partial charge in [-0.25, -0.2) is 4.79 Å². The van der Waals surface area contributed by atoms with E-state index in [0.717, 1.165) is 11.3 Å². The Hall–Kier alpha value is -2.83. The molecule has 23 heavy (non-hydrogen) atoms. The topological polar surface area (TPSA) is 73.7 Å². The number of aromatic nitrogens is 2. The molecule has 3 rings (SSSR count). The molecule has 1 aromatic carbocycles. The monoisotopic (exact) mass is 315 g/mol. The molecule has 0 aliphatic carbocycles. The van der Waals surface area contributed by atoms with Gasteiger partial charge in [-0.1, -0.05) is 6.07 Å². The van der Waals surface area contributed by atoms with Crippen molar-refractivity contribution in [1.29, 1.82) is 0 Å². The van der Waals surface area contributed by atoms with Gasteiger partial charge in [0.25, 0.3) is 5.91 Å². The summed E-state index contributed by atoms with van der Waals surface area (Å²) in [7, 11) is 1.72. The summed E-state index contributed by atoms with van der Waals surface area (Å²) in [6.45, 7) is 2.63. The number of rotatable bonds is 4. The minimum Gasteiger partial charge on any atom is -0.482 e. The SMILES string of the molecule is CCOC(=O)c1cnn(Cc2ccc3c(c2)N(C)C(=O)CO3)c1. The highest BCUT2D eigenvalue weighted by Crippen LogP contribution is 2.32. The highest BCUT2D eigenvalue weighted by Gasteiger charge is 2.22. The molecule has 0 radical (unpaired) electrons. The second-order valence-corrected chi connectivity index (χ2v) is 5.19. The van der Waals surface area contributed by atoms with Crippen LogP contribution < -0.4 is 9.64 Å². The normalized spacial score (nSPS) is 13.5. The van der Waals surface area contributed by atoms with Gasteiger partial charge in [-0.3, -0.25) is 9.48 Å². The third-order valence-electron chi connectivity index (χ3n) is 3.60. The van der Waals surface area contributed by atoms with Gasteiger partial charge >= 0.3 is 5.97 Å². The Morgan fingerprint density at radius 3 is 3.04 bits per heavy atom. The molecule has 0 saturated heterocycles. The Balaban J connectivity index is 1.79. The van der Waals surface area contributed by atoms with Crippen molar-refractivity contribution in [3.63, 3.8) is 0 Å². The van der Waals surface area contributed by atoms with E-state index in [0.29, 0.717) is 24.5 Å². The molecule has 2 heterocycles. The second-order valence-electron chi connectivity index (χ2n) is 5.19. The van der Waals surface area contributed by atoms with Crippen molar-refractivity contribution in [2.45, 2.75) is 13.5 Å². The number of carbonyl (C=O) groups excluding carboxylic acids is 2. The lowest BCUT2D eigenvalue weighted by Gasteiger charge is -2.26. The number of hydrogen-bond acceptors (Lipinski definition) is 5. The van der Waals surface area contributed by atoms with Crippen LogP contribution in [0.4, 0.5) is 5.69 Å². The number of likely N-dealkylation sites (N-methyl/N-ethyl adjacent to an activating group) is 1. The molecule has 0 atom stereocenters. The quantitative estimate of drug-likeness (QED) is 0.799. The van der Waals surface area contributed by atoms with Crippen LogP contribution in [0.3, 0.4) is 0 Å². The molecule has 1 aliphatic heterocycles. The molecule has 1 amide bonds. The van der Waals surface area contributed by atoms with Gasteiger partial charge in [0, 0.05) is 13.2 Å². The highest BCUT2D eigenvalue weighted by atomic mass is 16.5. The van der Waals surface area contributed by atoms with Gasteiger partial charge < -0.3 is 14.4 Å². The number of carbonyl (C=O) groups is 2. The molecule has 120 valence electrons. The van der Waals surface area contributed by atoms with Crippen molar-refractivity contribution in [3.05, 3.63) is 41.7 Å². The van der Waals surface area contributed by atoms with Crippen LogP contribution in [-0.2, 0) is 16.1 Å². The van der Waals surface area contributed by atoms with E-state index in [-0.39, 0.29) is 18.5 Å². The van der Waals surface area contributed by atoms with Crippen LogP contribution in [0, 0.1) is 0 Å². The fourth-order valence-electron chi connectivity index (χ4n) is 2.37. The van der Waals surface area contributed by atoms with E-state index in [1.54, 1.807) is 29.7 Å². The Labute approximate surface area is 133 Å². The molecule has 1 aromatic heterocycles. The molecule has 7 nitrogen and oxygen atoms in total.